The molecule has 0 amide bonds. The molecule has 0 bridgehead atoms. The van der Waals surface area contributed by atoms with E-state index < -0.39 is 12.5 Å². The number of nitrogens with zero attached hydrogens (tertiary/aromatic N) is 6. The topological polar surface area (TPSA) is 94.5 Å². The van der Waals surface area contributed by atoms with Gasteiger partial charge in [0, 0.05) is 19.3 Å². The van der Waals surface area contributed by atoms with Gasteiger partial charge in [-0.3, -0.25) is 9.88 Å². The summed E-state index contributed by atoms with van der Waals surface area (Å²) in [6, 6.07) is 6.27. The second-order valence-corrected chi connectivity index (χ2v) is 7.24. The van der Waals surface area contributed by atoms with E-state index in [1.165, 1.54) is 18.0 Å². The number of nitrogen functional groups attached to an aromatic ring is 1. The minimum Gasteiger partial charge on any atom is -0.494 e. The summed E-state index contributed by atoms with van der Waals surface area (Å²) in [7, 11) is 1.52. The molecule has 8 nitrogen and oxygen atoms in total. The third kappa shape index (κ3) is 2.91. The lowest BCUT2D eigenvalue weighted by Gasteiger charge is -2.27. The van der Waals surface area contributed by atoms with Gasteiger partial charge in [0.2, 0.25) is 5.95 Å². The summed E-state index contributed by atoms with van der Waals surface area (Å²) in [5, 5.41) is 4.71. The largest absolute Gasteiger partial charge is 0.494 e. The first-order chi connectivity index (χ1) is 14.6. The molecule has 0 fully saturated rings. The lowest BCUT2D eigenvalue weighted by Crippen LogP contribution is -2.38. The Balaban J connectivity index is 1.59. The number of pyridine rings is 1. The number of halogens is 2. The van der Waals surface area contributed by atoms with Crippen molar-refractivity contribution in [1.82, 2.24) is 29.5 Å². The third-order valence-corrected chi connectivity index (χ3v) is 5.56. The second-order valence-electron chi connectivity index (χ2n) is 7.24. The molecular weight excluding hydrogens is 392 g/mol. The van der Waals surface area contributed by atoms with E-state index >= 15 is 0 Å². The summed E-state index contributed by atoms with van der Waals surface area (Å²) in [5.74, 6) is 0.647. The number of rotatable bonds is 5. The number of nitrogens with two attached hydrogens (primary N) is 1. The first-order valence-corrected chi connectivity index (χ1v) is 9.46. The monoisotopic (exact) mass is 411 g/mol. The Hall–Kier alpha value is -3.40. The van der Waals surface area contributed by atoms with Crippen LogP contribution >= 0.6 is 0 Å². The molecule has 0 radical (unpaired) electrons. The van der Waals surface area contributed by atoms with Gasteiger partial charge in [-0.15, -0.1) is 0 Å². The zero-order valence-corrected chi connectivity index (χ0v) is 16.2. The van der Waals surface area contributed by atoms with E-state index in [1.54, 1.807) is 23.2 Å². The molecule has 10 heteroatoms. The van der Waals surface area contributed by atoms with Gasteiger partial charge >= 0.3 is 0 Å². The smallest absolute Gasteiger partial charge is 0.254 e. The SMILES string of the molecule is COc1ccc(CC(C(F)F)N2Cc3cccnc3C2)c2c1nc(N)n1ncnc21. The number of fused-ring (bicyclic) bond motifs is 4. The van der Waals surface area contributed by atoms with Crippen LogP contribution in [0.1, 0.15) is 16.8 Å². The molecule has 1 unspecified atom stereocenters. The van der Waals surface area contributed by atoms with Gasteiger partial charge in [0.05, 0.1) is 24.2 Å². The van der Waals surface area contributed by atoms with Crippen molar-refractivity contribution in [3.63, 3.8) is 0 Å². The maximum atomic E-state index is 14.2. The van der Waals surface area contributed by atoms with E-state index in [-0.39, 0.29) is 12.4 Å². The lowest BCUT2D eigenvalue weighted by molar-refractivity contribution is 0.0228. The molecular formula is C20H19F2N7O. The maximum absolute atomic E-state index is 14.2. The highest BCUT2D eigenvalue weighted by Crippen LogP contribution is 2.33. The van der Waals surface area contributed by atoms with Gasteiger partial charge in [-0.05, 0) is 29.7 Å². The molecule has 0 saturated heterocycles. The molecule has 1 aromatic carbocycles. The van der Waals surface area contributed by atoms with Crippen LogP contribution in [0.4, 0.5) is 14.7 Å². The fourth-order valence-corrected chi connectivity index (χ4v) is 4.11. The number of anilines is 1. The van der Waals surface area contributed by atoms with E-state index in [4.69, 9.17) is 10.5 Å². The summed E-state index contributed by atoms with van der Waals surface area (Å²) in [6.45, 7) is 0.836. The quantitative estimate of drug-likeness (QED) is 0.539. The predicted octanol–water partition coefficient (Wildman–Crippen LogP) is 2.46. The molecule has 0 spiro atoms. The van der Waals surface area contributed by atoms with Gasteiger partial charge in [-0.1, -0.05) is 12.1 Å². The van der Waals surface area contributed by atoms with Crippen molar-refractivity contribution in [1.29, 1.82) is 0 Å². The highest BCUT2D eigenvalue weighted by Gasteiger charge is 2.33. The number of aromatic nitrogens is 5. The lowest BCUT2D eigenvalue weighted by atomic mass is 10.00. The van der Waals surface area contributed by atoms with E-state index in [0.717, 1.165) is 11.3 Å². The number of alkyl halides is 2. The summed E-state index contributed by atoms with van der Waals surface area (Å²) in [6.07, 6.45) is 0.630. The molecule has 0 aliphatic carbocycles. The van der Waals surface area contributed by atoms with Crippen LogP contribution in [0.3, 0.4) is 0 Å². The van der Waals surface area contributed by atoms with E-state index in [9.17, 15) is 8.78 Å². The highest BCUT2D eigenvalue weighted by atomic mass is 19.3. The summed E-state index contributed by atoms with van der Waals surface area (Å²) >= 11 is 0. The minimum atomic E-state index is -2.54. The van der Waals surface area contributed by atoms with Crippen molar-refractivity contribution >= 4 is 22.5 Å². The fourth-order valence-electron chi connectivity index (χ4n) is 4.11. The first kappa shape index (κ1) is 18.6. The van der Waals surface area contributed by atoms with Crippen LogP contribution in [0.2, 0.25) is 0 Å². The van der Waals surface area contributed by atoms with Gasteiger partial charge in [0.15, 0.2) is 5.65 Å². The van der Waals surface area contributed by atoms with Gasteiger partial charge in [0.1, 0.15) is 17.6 Å². The Morgan fingerprint density at radius 3 is 2.83 bits per heavy atom. The molecule has 4 aromatic rings. The highest BCUT2D eigenvalue weighted by molar-refractivity contribution is 5.98. The number of ether oxygens (including phenoxy) is 1. The van der Waals surface area contributed by atoms with Gasteiger partial charge in [0.25, 0.3) is 6.43 Å². The van der Waals surface area contributed by atoms with Crippen molar-refractivity contribution in [3.8, 4) is 5.75 Å². The average molecular weight is 411 g/mol. The molecule has 1 atom stereocenters. The summed E-state index contributed by atoms with van der Waals surface area (Å²) in [4.78, 5) is 14.8. The predicted molar refractivity (Wildman–Crippen MR) is 106 cm³/mol. The molecule has 1 aliphatic heterocycles. The van der Waals surface area contributed by atoms with Crippen LogP contribution in [0.5, 0.6) is 5.75 Å². The molecule has 0 saturated carbocycles. The number of hydrogen-bond donors (Lipinski definition) is 1. The first-order valence-electron chi connectivity index (χ1n) is 9.46. The van der Waals surface area contributed by atoms with Crippen molar-refractivity contribution < 1.29 is 13.5 Å². The van der Waals surface area contributed by atoms with Crippen molar-refractivity contribution in [2.75, 3.05) is 12.8 Å². The summed E-state index contributed by atoms with van der Waals surface area (Å²) in [5.41, 5.74) is 9.45. The number of benzene rings is 1. The zero-order chi connectivity index (χ0) is 20.8. The van der Waals surface area contributed by atoms with Gasteiger partial charge in [-0.25, -0.2) is 18.7 Å². The Labute approximate surface area is 170 Å². The Morgan fingerprint density at radius 1 is 1.20 bits per heavy atom. The van der Waals surface area contributed by atoms with E-state index in [0.29, 0.717) is 41.0 Å². The zero-order valence-electron chi connectivity index (χ0n) is 16.2. The van der Waals surface area contributed by atoms with Crippen LogP contribution in [-0.4, -0.2) is 49.0 Å². The molecule has 1 aliphatic rings. The summed E-state index contributed by atoms with van der Waals surface area (Å²) < 4.78 is 35.2. The van der Waals surface area contributed by atoms with E-state index in [1.807, 2.05) is 12.1 Å². The normalized spacial score (nSPS) is 15.2. The van der Waals surface area contributed by atoms with Crippen LogP contribution < -0.4 is 10.5 Å². The fraction of sp³-hybridized carbons (Fsp3) is 0.300. The van der Waals surface area contributed by atoms with Crippen LogP contribution in [0.25, 0.3) is 16.6 Å². The van der Waals surface area contributed by atoms with Crippen LogP contribution in [0.15, 0.2) is 36.8 Å². The third-order valence-electron chi connectivity index (χ3n) is 5.56. The molecule has 2 N–H and O–H groups in total. The van der Waals surface area contributed by atoms with Crippen molar-refractivity contribution in [3.05, 3.63) is 53.6 Å². The van der Waals surface area contributed by atoms with Crippen molar-refractivity contribution in [2.24, 2.45) is 0 Å². The molecule has 5 rings (SSSR count). The van der Waals surface area contributed by atoms with Gasteiger partial charge < -0.3 is 10.5 Å². The van der Waals surface area contributed by atoms with Crippen LogP contribution in [0, 0.1) is 0 Å². The molecule has 4 heterocycles. The number of methoxy groups -OCH3 is 1. The number of hydrogen-bond acceptors (Lipinski definition) is 7. The van der Waals surface area contributed by atoms with E-state index in [2.05, 4.69) is 20.1 Å². The van der Waals surface area contributed by atoms with Crippen molar-refractivity contribution in [2.45, 2.75) is 32.0 Å². The Kier molecular flexibility index (Phi) is 4.43. The van der Waals surface area contributed by atoms with Gasteiger partial charge in [-0.2, -0.15) is 9.61 Å². The standard InChI is InChI=1S/C20H19F2N7O/c1-30-15-5-4-11(16-17(15)27-20(23)29-19(16)25-10-26-29)7-14(18(21)22)28-8-12-3-2-6-24-13(12)9-28/h2-6,10,14,18H,7-9H2,1H3,(H2,23,27). The van der Waals surface area contributed by atoms with Crippen LogP contribution in [-0.2, 0) is 19.5 Å². The minimum absolute atomic E-state index is 0.111. The Morgan fingerprint density at radius 2 is 2.07 bits per heavy atom. The average Bonchev–Trinajstić information content (AvgIpc) is 3.39. The Bertz CT molecular complexity index is 1220. The molecule has 3 aromatic heterocycles. The maximum Gasteiger partial charge on any atom is 0.254 e. The molecule has 154 valence electrons. The molecule has 30 heavy (non-hydrogen) atoms. The second kappa shape index (κ2) is 7.13.